The van der Waals surface area contributed by atoms with Crippen molar-refractivity contribution in [1.29, 1.82) is 5.41 Å². The minimum Gasteiger partial charge on any atom is -0.380 e. The monoisotopic (exact) mass is 336 g/mol. The standard InChI is InChI=1S/C15H14BrClN2/c1-10-6-15(12(8-18)7-14(10)16)19-9-11-2-4-13(17)5-3-11/h2-8,18-19H,9H2,1H3. The number of anilines is 1. The van der Waals surface area contributed by atoms with Crippen LogP contribution in [0, 0.1) is 12.3 Å². The van der Waals surface area contributed by atoms with Crippen LogP contribution in [-0.4, -0.2) is 6.21 Å². The van der Waals surface area contributed by atoms with Gasteiger partial charge in [0, 0.05) is 33.5 Å². The van der Waals surface area contributed by atoms with E-state index in [1.165, 1.54) is 6.21 Å². The van der Waals surface area contributed by atoms with E-state index in [1.807, 2.05) is 43.3 Å². The van der Waals surface area contributed by atoms with E-state index in [4.69, 9.17) is 17.0 Å². The van der Waals surface area contributed by atoms with Crippen molar-refractivity contribution >= 4 is 39.4 Å². The van der Waals surface area contributed by atoms with Crippen LogP contribution in [0.2, 0.25) is 5.02 Å². The van der Waals surface area contributed by atoms with Gasteiger partial charge in [-0.25, -0.2) is 0 Å². The quantitative estimate of drug-likeness (QED) is 0.755. The third-order valence-corrected chi connectivity index (χ3v) is 3.99. The molecular weight excluding hydrogens is 324 g/mol. The Balaban J connectivity index is 2.17. The van der Waals surface area contributed by atoms with Crippen molar-refractivity contribution in [2.75, 3.05) is 5.32 Å². The second kappa shape index (κ2) is 6.22. The molecule has 0 spiro atoms. The molecule has 98 valence electrons. The fourth-order valence-corrected chi connectivity index (χ4v) is 2.26. The summed E-state index contributed by atoms with van der Waals surface area (Å²) in [6, 6.07) is 11.7. The van der Waals surface area contributed by atoms with Crippen LogP contribution >= 0.6 is 27.5 Å². The van der Waals surface area contributed by atoms with Gasteiger partial charge in [-0.15, -0.1) is 0 Å². The first kappa shape index (κ1) is 14.1. The summed E-state index contributed by atoms with van der Waals surface area (Å²) >= 11 is 9.34. The Kier molecular flexibility index (Phi) is 4.61. The Bertz CT molecular complexity index is 594. The average Bonchev–Trinajstić information content (AvgIpc) is 2.41. The van der Waals surface area contributed by atoms with Crippen molar-refractivity contribution in [3.05, 3.63) is 62.6 Å². The molecule has 0 saturated carbocycles. The fourth-order valence-electron chi connectivity index (χ4n) is 1.77. The normalized spacial score (nSPS) is 10.3. The van der Waals surface area contributed by atoms with Crippen LogP contribution in [0.25, 0.3) is 0 Å². The Hall–Kier alpha value is -1.32. The zero-order chi connectivity index (χ0) is 13.8. The smallest absolute Gasteiger partial charge is 0.0435 e. The lowest BCUT2D eigenvalue weighted by molar-refractivity contribution is 1.14. The highest BCUT2D eigenvalue weighted by Gasteiger charge is 2.04. The molecule has 0 aliphatic heterocycles. The second-order valence-corrected chi connectivity index (χ2v) is 5.60. The summed E-state index contributed by atoms with van der Waals surface area (Å²) in [4.78, 5) is 0. The molecule has 2 nitrogen and oxygen atoms in total. The van der Waals surface area contributed by atoms with Gasteiger partial charge in [-0.2, -0.15) is 0 Å². The van der Waals surface area contributed by atoms with Crippen LogP contribution in [0.4, 0.5) is 5.69 Å². The van der Waals surface area contributed by atoms with E-state index in [0.717, 1.165) is 31.9 Å². The van der Waals surface area contributed by atoms with Crippen molar-refractivity contribution < 1.29 is 0 Å². The van der Waals surface area contributed by atoms with E-state index < -0.39 is 0 Å². The third-order valence-electron chi connectivity index (χ3n) is 2.88. The molecule has 0 aliphatic rings. The Morgan fingerprint density at radius 1 is 1.26 bits per heavy atom. The third kappa shape index (κ3) is 3.58. The molecule has 2 rings (SSSR count). The number of hydrogen-bond donors (Lipinski definition) is 2. The van der Waals surface area contributed by atoms with Crippen LogP contribution in [0.5, 0.6) is 0 Å². The van der Waals surface area contributed by atoms with Crippen LogP contribution in [-0.2, 0) is 6.54 Å². The van der Waals surface area contributed by atoms with Gasteiger partial charge in [0.1, 0.15) is 0 Å². The van der Waals surface area contributed by atoms with E-state index >= 15 is 0 Å². The maximum absolute atomic E-state index is 7.46. The van der Waals surface area contributed by atoms with Crippen molar-refractivity contribution in [2.24, 2.45) is 0 Å². The van der Waals surface area contributed by atoms with Crippen molar-refractivity contribution in [3.63, 3.8) is 0 Å². The first-order valence-corrected chi connectivity index (χ1v) is 7.06. The van der Waals surface area contributed by atoms with Crippen LogP contribution < -0.4 is 5.32 Å². The van der Waals surface area contributed by atoms with E-state index in [1.54, 1.807) is 0 Å². The molecule has 0 saturated heterocycles. The minimum absolute atomic E-state index is 0.707. The summed E-state index contributed by atoms with van der Waals surface area (Å²) in [7, 11) is 0. The molecule has 0 amide bonds. The molecule has 0 unspecified atom stereocenters. The highest BCUT2D eigenvalue weighted by Crippen LogP contribution is 2.24. The Morgan fingerprint density at radius 2 is 1.95 bits per heavy atom. The number of aryl methyl sites for hydroxylation is 1. The highest BCUT2D eigenvalue weighted by atomic mass is 79.9. The topological polar surface area (TPSA) is 35.9 Å². The molecule has 4 heteroatoms. The number of halogens is 2. The van der Waals surface area contributed by atoms with Gasteiger partial charge in [0.25, 0.3) is 0 Å². The lowest BCUT2D eigenvalue weighted by atomic mass is 10.1. The summed E-state index contributed by atoms with van der Waals surface area (Å²) in [6.07, 6.45) is 1.36. The van der Waals surface area contributed by atoms with Gasteiger partial charge < -0.3 is 10.7 Å². The predicted octanol–water partition coefficient (Wildman–Crippen LogP) is 5.02. The Labute approximate surface area is 126 Å². The molecule has 0 radical (unpaired) electrons. The predicted molar refractivity (Wildman–Crippen MR) is 85.5 cm³/mol. The van der Waals surface area contributed by atoms with Crippen LogP contribution in [0.1, 0.15) is 16.7 Å². The zero-order valence-corrected chi connectivity index (χ0v) is 12.8. The molecule has 0 atom stereocenters. The maximum Gasteiger partial charge on any atom is 0.0435 e. The van der Waals surface area contributed by atoms with Crippen molar-refractivity contribution in [2.45, 2.75) is 13.5 Å². The molecule has 0 bridgehead atoms. The van der Waals surface area contributed by atoms with E-state index in [-0.39, 0.29) is 0 Å². The minimum atomic E-state index is 0.707. The first-order chi connectivity index (χ1) is 9.10. The molecule has 2 aromatic rings. The second-order valence-electron chi connectivity index (χ2n) is 4.31. The molecule has 0 aromatic heterocycles. The van der Waals surface area contributed by atoms with Gasteiger partial charge >= 0.3 is 0 Å². The van der Waals surface area contributed by atoms with Gasteiger partial charge in [-0.05, 0) is 42.3 Å². The molecule has 2 N–H and O–H groups in total. The Morgan fingerprint density at radius 3 is 2.58 bits per heavy atom. The molecule has 0 aliphatic carbocycles. The summed E-state index contributed by atoms with van der Waals surface area (Å²) in [5, 5.41) is 11.6. The van der Waals surface area contributed by atoms with Gasteiger partial charge in [0.2, 0.25) is 0 Å². The number of benzene rings is 2. The van der Waals surface area contributed by atoms with Gasteiger partial charge in [-0.1, -0.05) is 39.7 Å². The molecule has 0 heterocycles. The molecule has 2 aromatic carbocycles. The largest absolute Gasteiger partial charge is 0.380 e. The zero-order valence-electron chi connectivity index (χ0n) is 10.5. The lowest BCUT2D eigenvalue weighted by Gasteiger charge is -2.12. The van der Waals surface area contributed by atoms with Gasteiger partial charge in [-0.3, -0.25) is 0 Å². The SMILES string of the molecule is Cc1cc(NCc2ccc(Cl)cc2)c(C=N)cc1Br. The summed E-state index contributed by atoms with van der Waals surface area (Å²) in [5.74, 6) is 0. The summed E-state index contributed by atoms with van der Waals surface area (Å²) in [6.45, 7) is 2.74. The average molecular weight is 338 g/mol. The van der Waals surface area contributed by atoms with E-state index in [2.05, 4.69) is 21.2 Å². The van der Waals surface area contributed by atoms with E-state index in [9.17, 15) is 0 Å². The summed E-state index contributed by atoms with van der Waals surface area (Å²) < 4.78 is 1.02. The number of hydrogen-bond acceptors (Lipinski definition) is 2. The fraction of sp³-hybridized carbons (Fsp3) is 0.133. The first-order valence-electron chi connectivity index (χ1n) is 5.89. The van der Waals surface area contributed by atoms with E-state index in [0.29, 0.717) is 6.54 Å². The van der Waals surface area contributed by atoms with Crippen LogP contribution in [0.3, 0.4) is 0 Å². The maximum atomic E-state index is 7.46. The molecule has 19 heavy (non-hydrogen) atoms. The van der Waals surface area contributed by atoms with Crippen molar-refractivity contribution in [3.8, 4) is 0 Å². The summed E-state index contributed by atoms with van der Waals surface area (Å²) in [5.41, 5.74) is 4.13. The number of nitrogens with one attached hydrogen (secondary N) is 2. The number of rotatable bonds is 4. The van der Waals surface area contributed by atoms with Crippen LogP contribution in [0.15, 0.2) is 40.9 Å². The van der Waals surface area contributed by atoms with Gasteiger partial charge in [0.05, 0.1) is 0 Å². The van der Waals surface area contributed by atoms with Crippen molar-refractivity contribution in [1.82, 2.24) is 0 Å². The highest BCUT2D eigenvalue weighted by molar-refractivity contribution is 9.10. The lowest BCUT2D eigenvalue weighted by Crippen LogP contribution is -2.02. The molecular formula is C15H14BrClN2. The van der Waals surface area contributed by atoms with Gasteiger partial charge in [0.15, 0.2) is 0 Å². The molecule has 0 fully saturated rings.